The second kappa shape index (κ2) is 7.75. The largest absolute Gasteiger partial charge is 0.334 e. The third kappa shape index (κ3) is 3.97. The lowest BCUT2D eigenvalue weighted by Gasteiger charge is -2.23. The van der Waals surface area contributed by atoms with Gasteiger partial charge in [0.05, 0.1) is 6.54 Å². The molecule has 0 radical (unpaired) electrons. The second-order valence-corrected chi connectivity index (χ2v) is 6.82. The number of aromatic nitrogens is 1. The van der Waals surface area contributed by atoms with Crippen molar-refractivity contribution < 1.29 is 4.79 Å². The summed E-state index contributed by atoms with van der Waals surface area (Å²) in [5.74, 6) is -0.0198. The van der Waals surface area contributed by atoms with Gasteiger partial charge in [0.15, 0.2) is 0 Å². The van der Waals surface area contributed by atoms with Crippen LogP contribution in [0.1, 0.15) is 30.0 Å². The number of nitrogens with one attached hydrogen (secondary N) is 1. The van der Waals surface area contributed by atoms with E-state index in [9.17, 15) is 9.59 Å². The van der Waals surface area contributed by atoms with E-state index in [-0.39, 0.29) is 18.0 Å². The quantitative estimate of drug-likeness (QED) is 0.724. The summed E-state index contributed by atoms with van der Waals surface area (Å²) in [5.41, 5.74) is 3.17. The topological polar surface area (TPSA) is 53.2 Å². The average molecular weight is 369 g/mol. The van der Waals surface area contributed by atoms with E-state index in [0.29, 0.717) is 23.6 Å². The SMILES string of the molecule is CCC(=O)N(Cc1ccccc1Cl)Cc1cc2cc(C)ccc2[nH]c1=O. The van der Waals surface area contributed by atoms with Crippen molar-refractivity contribution in [2.75, 3.05) is 0 Å². The van der Waals surface area contributed by atoms with E-state index in [1.165, 1.54) is 0 Å². The van der Waals surface area contributed by atoms with E-state index in [4.69, 9.17) is 11.6 Å². The first-order chi connectivity index (χ1) is 12.5. The van der Waals surface area contributed by atoms with Gasteiger partial charge in [-0.1, -0.05) is 48.4 Å². The van der Waals surface area contributed by atoms with Crippen molar-refractivity contribution in [1.29, 1.82) is 0 Å². The molecule has 134 valence electrons. The van der Waals surface area contributed by atoms with Crippen LogP contribution in [-0.4, -0.2) is 15.8 Å². The van der Waals surface area contributed by atoms with E-state index in [2.05, 4.69) is 4.98 Å². The molecule has 0 unspecified atom stereocenters. The van der Waals surface area contributed by atoms with Crippen molar-refractivity contribution in [2.45, 2.75) is 33.4 Å². The predicted molar refractivity (Wildman–Crippen MR) is 105 cm³/mol. The number of benzene rings is 2. The minimum Gasteiger partial charge on any atom is -0.334 e. The molecule has 1 N–H and O–H groups in total. The van der Waals surface area contributed by atoms with Gasteiger partial charge in [-0.05, 0) is 42.1 Å². The third-order valence-electron chi connectivity index (χ3n) is 4.41. The molecule has 0 atom stereocenters. The molecule has 2 aromatic carbocycles. The Kier molecular flexibility index (Phi) is 5.43. The monoisotopic (exact) mass is 368 g/mol. The standard InChI is InChI=1S/C21H21ClN2O2/c1-3-20(25)24(12-15-6-4-5-7-18(15)22)13-17-11-16-10-14(2)8-9-19(16)23-21(17)26/h4-11H,3,12-13H2,1-2H3,(H,23,26). The maximum atomic E-state index is 12.5. The normalized spacial score (nSPS) is 10.9. The Morgan fingerprint density at radius 2 is 1.81 bits per heavy atom. The second-order valence-electron chi connectivity index (χ2n) is 6.41. The van der Waals surface area contributed by atoms with Crippen molar-refractivity contribution in [3.8, 4) is 0 Å². The zero-order valence-electron chi connectivity index (χ0n) is 14.9. The van der Waals surface area contributed by atoms with E-state index >= 15 is 0 Å². The summed E-state index contributed by atoms with van der Waals surface area (Å²) in [5, 5.41) is 1.57. The summed E-state index contributed by atoms with van der Waals surface area (Å²) in [7, 11) is 0. The minimum absolute atomic E-state index is 0.0198. The van der Waals surface area contributed by atoms with Crippen LogP contribution in [0, 0.1) is 6.92 Å². The zero-order chi connectivity index (χ0) is 18.7. The van der Waals surface area contributed by atoms with Crippen LogP contribution in [0.3, 0.4) is 0 Å². The van der Waals surface area contributed by atoms with Gasteiger partial charge in [0, 0.05) is 29.1 Å². The van der Waals surface area contributed by atoms with E-state index in [1.54, 1.807) is 11.0 Å². The molecule has 3 rings (SSSR count). The maximum Gasteiger partial charge on any atom is 0.253 e. The molecule has 0 aliphatic rings. The van der Waals surface area contributed by atoms with Crippen molar-refractivity contribution in [2.24, 2.45) is 0 Å². The summed E-state index contributed by atoms with van der Waals surface area (Å²) in [6.45, 7) is 4.44. The minimum atomic E-state index is -0.172. The smallest absolute Gasteiger partial charge is 0.253 e. The highest BCUT2D eigenvalue weighted by Gasteiger charge is 2.16. The van der Waals surface area contributed by atoms with Crippen LogP contribution in [0.25, 0.3) is 10.9 Å². The van der Waals surface area contributed by atoms with Crippen LogP contribution in [0.4, 0.5) is 0 Å². The summed E-state index contributed by atoms with van der Waals surface area (Å²) in [6.07, 6.45) is 0.370. The first-order valence-electron chi connectivity index (χ1n) is 8.61. The predicted octanol–water partition coefficient (Wildman–Crippen LogP) is 4.43. The molecule has 4 nitrogen and oxygen atoms in total. The van der Waals surface area contributed by atoms with Gasteiger partial charge in [-0.2, -0.15) is 0 Å². The lowest BCUT2D eigenvalue weighted by atomic mass is 10.1. The molecule has 1 heterocycles. The first-order valence-corrected chi connectivity index (χ1v) is 8.99. The molecule has 0 bridgehead atoms. The van der Waals surface area contributed by atoms with Crippen LogP contribution in [0.2, 0.25) is 5.02 Å². The number of fused-ring (bicyclic) bond motifs is 1. The van der Waals surface area contributed by atoms with Gasteiger partial charge in [-0.25, -0.2) is 0 Å². The molecule has 0 aliphatic heterocycles. The molecule has 3 aromatic rings. The maximum absolute atomic E-state index is 12.5. The van der Waals surface area contributed by atoms with E-state index in [0.717, 1.165) is 22.0 Å². The number of pyridine rings is 1. The number of hydrogen-bond acceptors (Lipinski definition) is 2. The number of halogens is 1. The molecule has 0 saturated carbocycles. The number of aromatic amines is 1. The fourth-order valence-corrected chi connectivity index (χ4v) is 3.18. The van der Waals surface area contributed by atoms with E-state index < -0.39 is 0 Å². The first kappa shape index (κ1) is 18.2. The van der Waals surface area contributed by atoms with E-state index in [1.807, 2.05) is 56.3 Å². The van der Waals surface area contributed by atoms with Crippen molar-refractivity contribution >= 4 is 28.4 Å². The van der Waals surface area contributed by atoms with Gasteiger partial charge in [-0.15, -0.1) is 0 Å². The Labute approximate surface area is 157 Å². The molecule has 26 heavy (non-hydrogen) atoms. The highest BCUT2D eigenvalue weighted by Crippen LogP contribution is 2.19. The van der Waals surface area contributed by atoms with Crippen LogP contribution in [0.5, 0.6) is 0 Å². The molecule has 5 heteroatoms. The van der Waals surface area contributed by atoms with Crippen LogP contribution in [-0.2, 0) is 17.9 Å². The number of carbonyl (C=O) groups excluding carboxylic acids is 1. The van der Waals surface area contributed by atoms with Crippen LogP contribution >= 0.6 is 11.6 Å². The average Bonchev–Trinajstić information content (AvgIpc) is 2.63. The number of H-pyrrole nitrogens is 1. The number of rotatable bonds is 5. The van der Waals surface area contributed by atoms with Gasteiger partial charge in [0.25, 0.3) is 5.56 Å². The van der Waals surface area contributed by atoms with Gasteiger partial charge in [0.2, 0.25) is 5.91 Å². The summed E-state index contributed by atoms with van der Waals surface area (Å²) < 4.78 is 0. The summed E-state index contributed by atoms with van der Waals surface area (Å²) in [4.78, 5) is 29.5. The van der Waals surface area contributed by atoms with Crippen molar-refractivity contribution in [3.63, 3.8) is 0 Å². The highest BCUT2D eigenvalue weighted by molar-refractivity contribution is 6.31. The van der Waals surface area contributed by atoms with Gasteiger partial charge in [-0.3, -0.25) is 9.59 Å². The van der Waals surface area contributed by atoms with Crippen LogP contribution < -0.4 is 5.56 Å². The number of aryl methyl sites for hydroxylation is 1. The van der Waals surface area contributed by atoms with Gasteiger partial charge >= 0.3 is 0 Å². The lowest BCUT2D eigenvalue weighted by Crippen LogP contribution is -2.32. The van der Waals surface area contributed by atoms with Crippen molar-refractivity contribution in [3.05, 3.63) is 80.6 Å². The molecule has 1 aromatic heterocycles. The number of hydrogen-bond donors (Lipinski definition) is 1. The number of amides is 1. The third-order valence-corrected chi connectivity index (χ3v) is 4.78. The fraction of sp³-hybridized carbons (Fsp3) is 0.238. The molecule has 1 amide bonds. The van der Waals surface area contributed by atoms with Gasteiger partial charge in [0.1, 0.15) is 0 Å². The molecule has 0 spiro atoms. The molecule has 0 saturated heterocycles. The molecule has 0 aliphatic carbocycles. The Morgan fingerprint density at radius 1 is 1.08 bits per heavy atom. The Hall–Kier alpha value is -2.59. The fourth-order valence-electron chi connectivity index (χ4n) is 2.98. The van der Waals surface area contributed by atoms with Gasteiger partial charge < -0.3 is 9.88 Å². The van der Waals surface area contributed by atoms with Crippen molar-refractivity contribution in [1.82, 2.24) is 9.88 Å². The lowest BCUT2D eigenvalue weighted by molar-refractivity contribution is -0.132. The Morgan fingerprint density at radius 3 is 2.54 bits per heavy atom. The molecule has 0 fully saturated rings. The molecular formula is C21H21ClN2O2. The zero-order valence-corrected chi connectivity index (χ0v) is 15.6. The number of nitrogens with zero attached hydrogens (tertiary/aromatic N) is 1. The Balaban J connectivity index is 1.95. The Bertz CT molecular complexity index is 1010. The number of carbonyl (C=O) groups is 1. The summed E-state index contributed by atoms with van der Waals surface area (Å²) >= 11 is 6.24. The molecular weight excluding hydrogens is 348 g/mol. The summed E-state index contributed by atoms with van der Waals surface area (Å²) in [6, 6.07) is 15.2. The highest BCUT2D eigenvalue weighted by atomic mass is 35.5. The van der Waals surface area contributed by atoms with Crippen LogP contribution in [0.15, 0.2) is 53.3 Å².